The van der Waals surface area contributed by atoms with Crippen LogP contribution in [-0.2, 0) is 6.54 Å². The van der Waals surface area contributed by atoms with Gasteiger partial charge in [-0.1, -0.05) is 29.8 Å². The van der Waals surface area contributed by atoms with Gasteiger partial charge in [-0.05, 0) is 42.3 Å². The largest absolute Gasteiger partial charge is 0.496 e. The van der Waals surface area contributed by atoms with Crippen LogP contribution >= 0.6 is 11.6 Å². The maximum absolute atomic E-state index is 5.92. The molecule has 0 amide bonds. The Morgan fingerprint density at radius 2 is 1.86 bits per heavy atom. The maximum Gasteiger partial charge on any atom is 0.130 e. The Hall–Kier alpha value is -2.26. The van der Waals surface area contributed by atoms with Crippen molar-refractivity contribution in [2.24, 2.45) is 0 Å². The predicted octanol–water partition coefficient (Wildman–Crippen LogP) is 4.82. The molecule has 3 rings (SSSR count). The average molecular weight is 313 g/mol. The molecule has 0 unspecified atom stereocenters. The number of ether oxygens (including phenoxy) is 1. The number of benzene rings is 2. The first-order valence-corrected chi connectivity index (χ1v) is 7.47. The molecular weight excluding hydrogens is 296 g/mol. The highest BCUT2D eigenvalue weighted by Crippen LogP contribution is 2.33. The Kier molecular flexibility index (Phi) is 4.16. The number of hydrogen-bond acceptors (Lipinski definition) is 3. The number of nitrogens with one attached hydrogen (secondary N) is 1. The van der Waals surface area contributed by atoms with Gasteiger partial charge in [0.1, 0.15) is 5.75 Å². The first kappa shape index (κ1) is 14.7. The summed E-state index contributed by atoms with van der Waals surface area (Å²) in [6, 6.07) is 13.8. The van der Waals surface area contributed by atoms with Crippen molar-refractivity contribution in [2.75, 3.05) is 12.4 Å². The molecule has 1 N–H and O–H groups in total. The maximum atomic E-state index is 5.92. The summed E-state index contributed by atoms with van der Waals surface area (Å²) >= 11 is 5.92. The third-order valence-electron chi connectivity index (χ3n) is 3.67. The summed E-state index contributed by atoms with van der Waals surface area (Å²) in [4.78, 5) is 4.48. The van der Waals surface area contributed by atoms with Crippen LogP contribution in [-0.4, -0.2) is 12.1 Å². The van der Waals surface area contributed by atoms with Gasteiger partial charge in [0.25, 0.3) is 0 Å². The fraction of sp³-hybridized carbons (Fsp3) is 0.167. The normalized spacial score (nSPS) is 10.7. The Labute approximate surface area is 134 Å². The van der Waals surface area contributed by atoms with E-state index in [4.69, 9.17) is 16.3 Å². The van der Waals surface area contributed by atoms with E-state index in [2.05, 4.69) is 17.2 Å². The number of hydrogen-bond donors (Lipinski definition) is 1. The highest BCUT2D eigenvalue weighted by Gasteiger charge is 2.10. The Morgan fingerprint density at radius 1 is 1.09 bits per heavy atom. The van der Waals surface area contributed by atoms with E-state index < -0.39 is 0 Å². The van der Waals surface area contributed by atoms with Crippen LogP contribution in [0.5, 0.6) is 5.75 Å². The number of halogens is 1. The molecule has 22 heavy (non-hydrogen) atoms. The molecule has 0 radical (unpaired) electrons. The minimum atomic E-state index is 0.716. The molecule has 2 aromatic carbocycles. The number of fused-ring (bicyclic) bond motifs is 1. The second-order valence-electron chi connectivity index (χ2n) is 5.15. The van der Waals surface area contributed by atoms with Crippen molar-refractivity contribution in [1.82, 2.24) is 4.98 Å². The fourth-order valence-corrected chi connectivity index (χ4v) is 2.62. The van der Waals surface area contributed by atoms with Crippen molar-refractivity contribution in [3.8, 4) is 5.75 Å². The summed E-state index contributed by atoms with van der Waals surface area (Å²) in [7, 11) is 1.68. The van der Waals surface area contributed by atoms with Gasteiger partial charge in [-0.2, -0.15) is 0 Å². The molecule has 0 fully saturated rings. The standard InChI is InChI=1S/C18H17ClN2O/c1-12-3-8-16(22-2)17-15(9-10-20-18(12)17)21-11-13-4-6-14(19)7-5-13/h3-10H,11H2,1-2H3,(H,20,21). The van der Waals surface area contributed by atoms with E-state index >= 15 is 0 Å². The number of aromatic nitrogens is 1. The van der Waals surface area contributed by atoms with Gasteiger partial charge in [0.05, 0.1) is 18.0 Å². The molecular formula is C18H17ClN2O. The molecule has 112 valence electrons. The first-order valence-electron chi connectivity index (χ1n) is 7.09. The molecule has 3 aromatic rings. The zero-order chi connectivity index (χ0) is 15.5. The third kappa shape index (κ3) is 2.85. The lowest BCUT2D eigenvalue weighted by Crippen LogP contribution is -2.01. The highest BCUT2D eigenvalue weighted by atomic mass is 35.5. The zero-order valence-electron chi connectivity index (χ0n) is 12.6. The van der Waals surface area contributed by atoms with Gasteiger partial charge in [0, 0.05) is 23.5 Å². The second-order valence-corrected chi connectivity index (χ2v) is 5.58. The fourth-order valence-electron chi connectivity index (χ4n) is 2.49. The number of nitrogens with zero attached hydrogens (tertiary/aromatic N) is 1. The summed E-state index contributed by atoms with van der Waals surface area (Å²) < 4.78 is 5.49. The van der Waals surface area contributed by atoms with Gasteiger partial charge >= 0.3 is 0 Å². The van der Waals surface area contributed by atoms with Crippen LogP contribution < -0.4 is 10.1 Å². The highest BCUT2D eigenvalue weighted by molar-refractivity contribution is 6.30. The number of methoxy groups -OCH3 is 1. The zero-order valence-corrected chi connectivity index (χ0v) is 13.3. The van der Waals surface area contributed by atoms with Gasteiger partial charge in [0.15, 0.2) is 0 Å². The SMILES string of the molecule is COc1ccc(C)c2nccc(NCc3ccc(Cl)cc3)c12. The van der Waals surface area contributed by atoms with E-state index in [0.717, 1.165) is 32.9 Å². The van der Waals surface area contributed by atoms with Crippen LogP contribution in [0.4, 0.5) is 5.69 Å². The van der Waals surface area contributed by atoms with Gasteiger partial charge in [-0.3, -0.25) is 4.98 Å². The van der Waals surface area contributed by atoms with Gasteiger partial charge < -0.3 is 10.1 Å². The summed E-state index contributed by atoms with van der Waals surface area (Å²) in [5, 5.41) is 5.22. The number of aryl methyl sites for hydroxylation is 1. The second kappa shape index (κ2) is 6.24. The van der Waals surface area contributed by atoms with Crippen molar-refractivity contribution in [1.29, 1.82) is 0 Å². The summed E-state index contributed by atoms with van der Waals surface area (Å²) in [6.07, 6.45) is 1.82. The van der Waals surface area contributed by atoms with Crippen molar-refractivity contribution >= 4 is 28.2 Å². The molecule has 0 aliphatic rings. The van der Waals surface area contributed by atoms with E-state index in [1.807, 2.05) is 48.7 Å². The average Bonchev–Trinajstić information content (AvgIpc) is 2.55. The molecule has 0 atom stereocenters. The lowest BCUT2D eigenvalue weighted by atomic mass is 10.1. The van der Waals surface area contributed by atoms with Gasteiger partial charge in [-0.25, -0.2) is 0 Å². The van der Waals surface area contributed by atoms with E-state index in [1.54, 1.807) is 7.11 Å². The van der Waals surface area contributed by atoms with E-state index in [1.165, 1.54) is 5.56 Å². The molecule has 0 aliphatic heterocycles. The molecule has 0 bridgehead atoms. The Balaban J connectivity index is 1.96. The van der Waals surface area contributed by atoms with Crippen LogP contribution in [0.3, 0.4) is 0 Å². The van der Waals surface area contributed by atoms with Crippen LogP contribution in [0.2, 0.25) is 5.02 Å². The number of pyridine rings is 1. The minimum absolute atomic E-state index is 0.716. The summed E-state index contributed by atoms with van der Waals surface area (Å²) in [5.41, 5.74) is 4.27. The van der Waals surface area contributed by atoms with E-state index in [0.29, 0.717) is 6.54 Å². The monoisotopic (exact) mass is 312 g/mol. The van der Waals surface area contributed by atoms with E-state index in [-0.39, 0.29) is 0 Å². The van der Waals surface area contributed by atoms with Crippen molar-refractivity contribution in [2.45, 2.75) is 13.5 Å². The summed E-state index contributed by atoms with van der Waals surface area (Å²) in [6.45, 7) is 2.77. The Bertz CT molecular complexity index is 800. The smallest absolute Gasteiger partial charge is 0.130 e. The van der Waals surface area contributed by atoms with Crippen LogP contribution in [0.1, 0.15) is 11.1 Å². The Morgan fingerprint density at radius 3 is 2.59 bits per heavy atom. The molecule has 1 heterocycles. The van der Waals surface area contributed by atoms with Crippen molar-refractivity contribution in [3.63, 3.8) is 0 Å². The topological polar surface area (TPSA) is 34.1 Å². The van der Waals surface area contributed by atoms with Crippen molar-refractivity contribution < 1.29 is 4.74 Å². The van der Waals surface area contributed by atoms with E-state index in [9.17, 15) is 0 Å². The van der Waals surface area contributed by atoms with Crippen LogP contribution in [0, 0.1) is 6.92 Å². The van der Waals surface area contributed by atoms with Crippen molar-refractivity contribution in [3.05, 3.63) is 64.8 Å². The number of rotatable bonds is 4. The molecule has 4 heteroatoms. The van der Waals surface area contributed by atoms with Gasteiger partial charge in [-0.15, -0.1) is 0 Å². The quantitative estimate of drug-likeness (QED) is 0.750. The molecule has 3 nitrogen and oxygen atoms in total. The predicted molar refractivity (Wildman–Crippen MR) is 91.8 cm³/mol. The first-order chi connectivity index (χ1) is 10.7. The lowest BCUT2D eigenvalue weighted by molar-refractivity contribution is 0.420. The molecule has 0 saturated heterocycles. The minimum Gasteiger partial charge on any atom is -0.496 e. The third-order valence-corrected chi connectivity index (χ3v) is 3.92. The number of anilines is 1. The van der Waals surface area contributed by atoms with Gasteiger partial charge in [0.2, 0.25) is 0 Å². The molecule has 0 aliphatic carbocycles. The molecule has 0 saturated carbocycles. The lowest BCUT2D eigenvalue weighted by Gasteiger charge is -2.13. The summed E-state index contributed by atoms with van der Waals surface area (Å²) in [5.74, 6) is 0.826. The molecule has 1 aromatic heterocycles. The van der Waals surface area contributed by atoms with Crippen LogP contribution in [0.25, 0.3) is 10.9 Å². The molecule has 0 spiro atoms. The van der Waals surface area contributed by atoms with Crippen LogP contribution in [0.15, 0.2) is 48.7 Å².